The highest BCUT2D eigenvalue weighted by atomic mass is 16.5. The molecule has 0 radical (unpaired) electrons. The second-order valence-corrected chi connectivity index (χ2v) is 6.91. The first kappa shape index (κ1) is 17.2. The molecule has 1 aromatic carbocycles. The Morgan fingerprint density at radius 1 is 1.25 bits per heavy atom. The molecule has 0 unspecified atom stereocenters. The Bertz CT molecular complexity index is 532. The number of rotatable bonds is 5. The summed E-state index contributed by atoms with van der Waals surface area (Å²) in [6, 6.07) is 8.60. The van der Waals surface area contributed by atoms with Crippen LogP contribution in [-0.4, -0.2) is 62.3 Å². The smallest absolute Gasteiger partial charge is 0.237 e. The number of nitrogens with one attached hydrogen (secondary N) is 1. The number of hydrogen-bond donors (Lipinski definition) is 1. The van der Waals surface area contributed by atoms with Gasteiger partial charge in [-0.3, -0.25) is 9.69 Å². The molecular formula is C19H29N3O2. The van der Waals surface area contributed by atoms with E-state index in [4.69, 9.17) is 4.74 Å². The van der Waals surface area contributed by atoms with Crippen molar-refractivity contribution in [2.75, 3.05) is 44.2 Å². The van der Waals surface area contributed by atoms with Crippen LogP contribution >= 0.6 is 0 Å². The van der Waals surface area contributed by atoms with E-state index in [2.05, 4.69) is 46.3 Å². The molecule has 1 N–H and O–H groups in total. The first-order valence-electron chi connectivity index (χ1n) is 9.08. The first-order chi connectivity index (χ1) is 11.6. The number of aryl methyl sites for hydroxylation is 1. The molecule has 0 bridgehead atoms. The van der Waals surface area contributed by atoms with E-state index in [9.17, 15) is 4.79 Å². The molecule has 0 saturated carbocycles. The zero-order valence-electron chi connectivity index (χ0n) is 14.8. The van der Waals surface area contributed by atoms with Crippen molar-refractivity contribution in [2.24, 2.45) is 0 Å². The molecule has 132 valence electrons. The van der Waals surface area contributed by atoms with Crippen molar-refractivity contribution in [3.8, 4) is 0 Å². The van der Waals surface area contributed by atoms with E-state index >= 15 is 0 Å². The van der Waals surface area contributed by atoms with Crippen molar-refractivity contribution < 1.29 is 9.53 Å². The summed E-state index contributed by atoms with van der Waals surface area (Å²) in [5, 5.41) is 3.05. The van der Waals surface area contributed by atoms with Crippen LogP contribution in [0.15, 0.2) is 24.3 Å². The van der Waals surface area contributed by atoms with Crippen LogP contribution < -0.4 is 10.2 Å². The van der Waals surface area contributed by atoms with Crippen LogP contribution in [0.2, 0.25) is 0 Å². The molecule has 2 aliphatic heterocycles. The molecule has 2 saturated heterocycles. The topological polar surface area (TPSA) is 44.8 Å². The van der Waals surface area contributed by atoms with Crippen LogP contribution in [0, 0.1) is 6.92 Å². The van der Waals surface area contributed by atoms with Gasteiger partial charge in [0.25, 0.3) is 0 Å². The third kappa shape index (κ3) is 4.28. The predicted octanol–water partition coefficient (Wildman–Crippen LogP) is 1.80. The zero-order valence-corrected chi connectivity index (χ0v) is 14.8. The van der Waals surface area contributed by atoms with Gasteiger partial charge in [-0.05, 0) is 38.8 Å². The normalized spacial score (nSPS) is 23.2. The van der Waals surface area contributed by atoms with Gasteiger partial charge in [0.15, 0.2) is 0 Å². The van der Waals surface area contributed by atoms with Crippen molar-refractivity contribution in [3.63, 3.8) is 0 Å². The minimum Gasteiger partial charge on any atom is -0.376 e. The standard InChI is InChI=1S/C19H29N3O2/c1-15-5-7-17(8-6-15)22-11-9-21(10-12-22)16(2)19(23)20-14-18-4-3-13-24-18/h5-8,16,18H,3-4,9-14H2,1-2H3,(H,20,23)/t16-,18+/m1/s1. The number of benzene rings is 1. The molecule has 2 fully saturated rings. The fourth-order valence-corrected chi connectivity index (χ4v) is 3.46. The maximum absolute atomic E-state index is 12.4. The molecule has 2 heterocycles. The molecule has 5 nitrogen and oxygen atoms in total. The molecule has 5 heteroatoms. The maximum Gasteiger partial charge on any atom is 0.237 e. The first-order valence-corrected chi connectivity index (χ1v) is 9.08. The van der Waals surface area contributed by atoms with Crippen molar-refractivity contribution >= 4 is 11.6 Å². The van der Waals surface area contributed by atoms with Gasteiger partial charge in [0.1, 0.15) is 0 Å². The molecule has 3 rings (SSSR count). The molecule has 2 atom stereocenters. The number of carbonyl (C=O) groups excluding carboxylic acids is 1. The quantitative estimate of drug-likeness (QED) is 0.894. The van der Waals surface area contributed by atoms with Crippen LogP contribution in [0.5, 0.6) is 0 Å². The minimum atomic E-state index is -0.0772. The SMILES string of the molecule is Cc1ccc(N2CCN([C@H](C)C(=O)NC[C@@H]3CCCO3)CC2)cc1. The highest BCUT2D eigenvalue weighted by Gasteiger charge is 2.26. The number of ether oxygens (including phenoxy) is 1. The predicted molar refractivity (Wildman–Crippen MR) is 96.4 cm³/mol. The number of hydrogen-bond acceptors (Lipinski definition) is 4. The summed E-state index contributed by atoms with van der Waals surface area (Å²) in [7, 11) is 0. The molecular weight excluding hydrogens is 302 g/mol. The summed E-state index contributed by atoms with van der Waals surface area (Å²) in [6.07, 6.45) is 2.38. The summed E-state index contributed by atoms with van der Waals surface area (Å²) in [5.41, 5.74) is 2.56. The second kappa shape index (κ2) is 7.99. The molecule has 0 aromatic heterocycles. The highest BCUT2D eigenvalue weighted by Crippen LogP contribution is 2.18. The Kier molecular flexibility index (Phi) is 5.74. The van der Waals surface area contributed by atoms with Crippen LogP contribution in [-0.2, 0) is 9.53 Å². The third-order valence-electron chi connectivity index (χ3n) is 5.17. The van der Waals surface area contributed by atoms with Crippen LogP contribution in [0.25, 0.3) is 0 Å². The summed E-state index contributed by atoms with van der Waals surface area (Å²) >= 11 is 0. The summed E-state index contributed by atoms with van der Waals surface area (Å²) in [6.45, 7) is 9.36. The van der Waals surface area contributed by atoms with Gasteiger partial charge in [-0.25, -0.2) is 0 Å². The monoisotopic (exact) mass is 331 g/mol. The minimum absolute atomic E-state index is 0.0772. The molecule has 1 aromatic rings. The Morgan fingerprint density at radius 3 is 2.58 bits per heavy atom. The fraction of sp³-hybridized carbons (Fsp3) is 0.632. The zero-order chi connectivity index (χ0) is 16.9. The Balaban J connectivity index is 1.44. The fourth-order valence-electron chi connectivity index (χ4n) is 3.46. The lowest BCUT2D eigenvalue weighted by molar-refractivity contribution is -0.126. The van der Waals surface area contributed by atoms with Crippen LogP contribution in [0.4, 0.5) is 5.69 Å². The maximum atomic E-state index is 12.4. The van der Waals surface area contributed by atoms with Crippen molar-refractivity contribution in [1.29, 1.82) is 0 Å². The van der Waals surface area contributed by atoms with Gasteiger partial charge in [0, 0.05) is 45.0 Å². The van der Waals surface area contributed by atoms with Crippen LogP contribution in [0.1, 0.15) is 25.3 Å². The Morgan fingerprint density at radius 2 is 1.96 bits per heavy atom. The second-order valence-electron chi connectivity index (χ2n) is 6.91. The number of piperazine rings is 1. The molecule has 24 heavy (non-hydrogen) atoms. The van der Waals surface area contributed by atoms with E-state index in [-0.39, 0.29) is 18.1 Å². The Hall–Kier alpha value is -1.59. The Labute approximate surface area is 145 Å². The average molecular weight is 331 g/mol. The lowest BCUT2D eigenvalue weighted by Crippen LogP contribution is -2.54. The van der Waals surface area contributed by atoms with Gasteiger partial charge in [-0.2, -0.15) is 0 Å². The largest absolute Gasteiger partial charge is 0.376 e. The van der Waals surface area contributed by atoms with Gasteiger partial charge in [0.05, 0.1) is 12.1 Å². The lowest BCUT2D eigenvalue weighted by Gasteiger charge is -2.38. The van der Waals surface area contributed by atoms with E-state index < -0.39 is 0 Å². The summed E-state index contributed by atoms with van der Waals surface area (Å²) in [4.78, 5) is 17.0. The van der Waals surface area contributed by atoms with Crippen LogP contribution in [0.3, 0.4) is 0 Å². The van der Waals surface area contributed by atoms with E-state index in [0.717, 1.165) is 45.6 Å². The van der Waals surface area contributed by atoms with Gasteiger partial charge < -0.3 is 15.0 Å². The molecule has 0 aliphatic carbocycles. The average Bonchev–Trinajstić information content (AvgIpc) is 3.13. The van der Waals surface area contributed by atoms with Crippen molar-refractivity contribution in [1.82, 2.24) is 10.2 Å². The molecule has 1 amide bonds. The molecule has 2 aliphatic rings. The van der Waals surface area contributed by atoms with E-state index in [0.29, 0.717) is 6.54 Å². The van der Waals surface area contributed by atoms with E-state index in [1.165, 1.54) is 11.3 Å². The van der Waals surface area contributed by atoms with Gasteiger partial charge in [-0.1, -0.05) is 17.7 Å². The number of amides is 1. The highest BCUT2D eigenvalue weighted by molar-refractivity contribution is 5.81. The summed E-state index contributed by atoms with van der Waals surface area (Å²) < 4.78 is 5.56. The van der Waals surface area contributed by atoms with E-state index in [1.54, 1.807) is 0 Å². The van der Waals surface area contributed by atoms with Gasteiger partial charge >= 0.3 is 0 Å². The third-order valence-corrected chi connectivity index (χ3v) is 5.17. The number of nitrogens with zero attached hydrogens (tertiary/aromatic N) is 2. The van der Waals surface area contributed by atoms with Gasteiger partial charge in [-0.15, -0.1) is 0 Å². The number of carbonyl (C=O) groups is 1. The van der Waals surface area contributed by atoms with Gasteiger partial charge in [0.2, 0.25) is 5.91 Å². The number of anilines is 1. The van der Waals surface area contributed by atoms with Crippen molar-refractivity contribution in [3.05, 3.63) is 29.8 Å². The molecule has 0 spiro atoms. The summed E-state index contributed by atoms with van der Waals surface area (Å²) in [5.74, 6) is 0.120. The van der Waals surface area contributed by atoms with E-state index in [1.807, 2.05) is 6.92 Å². The lowest BCUT2D eigenvalue weighted by atomic mass is 10.1. The van der Waals surface area contributed by atoms with Crippen molar-refractivity contribution in [2.45, 2.75) is 38.8 Å².